The van der Waals surface area contributed by atoms with Crippen LogP contribution in [0.25, 0.3) is 0 Å². The van der Waals surface area contributed by atoms with Gasteiger partial charge in [0.1, 0.15) is 12.0 Å². The van der Waals surface area contributed by atoms with Crippen molar-refractivity contribution < 1.29 is 9.52 Å². The number of oxazole rings is 1. The van der Waals surface area contributed by atoms with Crippen LogP contribution < -0.4 is 0 Å². The molecule has 1 aromatic heterocycles. The molecule has 0 atom stereocenters. The fraction of sp³-hybridized carbons (Fsp3) is 0.571. The standard InChI is InChI=1S/C7H9NO2/c9-3-6-4-10-7(8-6)5-1-2-5/h4-5,9H,1-3H2. The third kappa shape index (κ3) is 0.926. The molecule has 1 aliphatic carbocycles. The summed E-state index contributed by atoms with van der Waals surface area (Å²) in [6.07, 6.45) is 3.89. The quantitative estimate of drug-likeness (QED) is 0.666. The normalized spacial score (nSPS) is 17.7. The van der Waals surface area contributed by atoms with Crippen LogP contribution in [0, 0.1) is 0 Å². The summed E-state index contributed by atoms with van der Waals surface area (Å²) < 4.78 is 5.11. The second-order valence-electron chi connectivity index (χ2n) is 2.61. The van der Waals surface area contributed by atoms with Crippen molar-refractivity contribution in [3.63, 3.8) is 0 Å². The number of rotatable bonds is 2. The van der Waals surface area contributed by atoms with E-state index in [9.17, 15) is 0 Å². The molecule has 2 rings (SSSR count). The first-order valence-corrected chi connectivity index (χ1v) is 3.45. The molecular formula is C7H9NO2. The first-order valence-electron chi connectivity index (χ1n) is 3.45. The summed E-state index contributed by atoms with van der Waals surface area (Å²) >= 11 is 0. The Morgan fingerprint density at radius 1 is 1.70 bits per heavy atom. The molecule has 10 heavy (non-hydrogen) atoms. The number of aromatic nitrogens is 1. The Hall–Kier alpha value is -0.830. The van der Waals surface area contributed by atoms with E-state index in [1.807, 2.05) is 0 Å². The van der Waals surface area contributed by atoms with Gasteiger partial charge in [0.2, 0.25) is 0 Å². The van der Waals surface area contributed by atoms with Crippen LogP contribution in [0.1, 0.15) is 30.3 Å². The zero-order valence-electron chi connectivity index (χ0n) is 5.58. The molecule has 0 aliphatic heterocycles. The van der Waals surface area contributed by atoms with Gasteiger partial charge in [-0.2, -0.15) is 0 Å². The molecule has 0 aromatic carbocycles. The zero-order chi connectivity index (χ0) is 6.97. The summed E-state index contributed by atoms with van der Waals surface area (Å²) in [5, 5.41) is 8.63. The maximum absolute atomic E-state index is 8.63. The smallest absolute Gasteiger partial charge is 0.197 e. The number of aliphatic hydroxyl groups excluding tert-OH is 1. The highest BCUT2D eigenvalue weighted by molar-refractivity contribution is 5.05. The van der Waals surface area contributed by atoms with Gasteiger partial charge in [0.15, 0.2) is 5.89 Å². The largest absolute Gasteiger partial charge is 0.448 e. The molecule has 54 valence electrons. The zero-order valence-corrected chi connectivity index (χ0v) is 5.58. The lowest BCUT2D eigenvalue weighted by Gasteiger charge is -1.82. The van der Waals surface area contributed by atoms with Crippen LogP contribution in [0.2, 0.25) is 0 Å². The van der Waals surface area contributed by atoms with Gasteiger partial charge in [-0.3, -0.25) is 0 Å². The minimum atomic E-state index is -0.0176. The van der Waals surface area contributed by atoms with Crippen molar-refractivity contribution in [2.75, 3.05) is 0 Å². The Labute approximate surface area is 58.7 Å². The molecule has 1 saturated carbocycles. The highest BCUT2D eigenvalue weighted by Gasteiger charge is 2.28. The Kier molecular flexibility index (Phi) is 1.24. The Morgan fingerprint density at radius 2 is 2.50 bits per heavy atom. The lowest BCUT2D eigenvalue weighted by molar-refractivity contribution is 0.276. The van der Waals surface area contributed by atoms with Crippen molar-refractivity contribution in [1.82, 2.24) is 4.98 Å². The van der Waals surface area contributed by atoms with E-state index in [2.05, 4.69) is 4.98 Å². The van der Waals surface area contributed by atoms with Crippen LogP contribution in [0.3, 0.4) is 0 Å². The Balaban J connectivity index is 2.19. The van der Waals surface area contributed by atoms with Crippen molar-refractivity contribution in [3.8, 4) is 0 Å². The van der Waals surface area contributed by atoms with Gasteiger partial charge in [-0.25, -0.2) is 4.98 Å². The summed E-state index contributed by atoms with van der Waals surface area (Å²) in [6, 6.07) is 0. The minimum absolute atomic E-state index is 0.0176. The van der Waals surface area contributed by atoms with E-state index in [0.717, 1.165) is 5.89 Å². The van der Waals surface area contributed by atoms with Crippen LogP contribution in [0.4, 0.5) is 0 Å². The number of hydrogen-bond donors (Lipinski definition) is 1. The predicted octanol–water partition coefficient (Wildman–Crippen LogP) is 1.04. The molecule has 0 saturated heterocycles. The molecule has 0 radical (unpaired) electrons. The average molecular weight is 139 g/mol. The van der Waals surface area contributed by atoms with E-state index in [0.29, 0.717) is 11.6 Å². The molecule has 1 fully saturated rings. The van der Waals surface area contributed by atoms with E-state index in [1.54, 1.807) is 0 Å². The number of aliphatic hydroxyl groups is 1. The maximum atomic E-state index is 8.63. The van der Waals surface area contributed by atoms with Gasteiger partial charge in [-0.05, 0) is 12.8 Å². The van der Waals surface area contributed by atoms with Gasteiger partial charge in [0, 0.05) is 5.92 Å². The van der Waals surface area contributed by atoms with Gasteiger partial charge in [-0.1, -0.05) is 0 Å². The third-order valence-corrected chi connectivity index (χ3v) is 1.66. The van der Waals surface area contributed by atoms with Crippen LogP contribution in [-0.2, 0) is 6.61 Å². The molecule has 0 amide bonds. The lowest BCUT2D eigenvalue weighted by Crippen LogP contribution is -1.83. The molecule has 3 heteroatoms. The van der Waals surface area contributed by atoms with Crippen molar-refractivity contribution in [2.45, 2.75) is 25.4 Å². The van der Waals surface area contributed by atoms with Crippen molar-refractivity contribution >= 4 is 0 Å². The Morgan fingerprint density at radius 3 is 3.00 bits per heavy atom. The Bertz CT molecular complexity index is 227. The third-order valence-electron chi connectivity index (χ3n) is 1.66. The van der Waals surface area contributed by atoms with Crippen molar-refractivity contribution in [3.05, 3.63) is 17.8 Å². The first-order chi connectivity index (χ1) is 4.90. The number of hydrogen-bond acceptors (Lipinski definition) is 3. The highest BCUT2D eigenvalue weighted by atomic mass is 16.3. The van der Waals surface area contributed by atoms with Crippen LogP contribution >= 0.6 is 0 Å². The minimum Gasteiger partial charge on any atom is -0.448 e. The SMILES string of the molecule is OCc1coc(C2CC2)n1. The van der Waals surface area contributed by atoms with Gasteiger partial charge >= 0.3 is 0 Å². The number of nitrogens with zero attached hydrogens (tertiary/aromatic N) is 1. The summed E-state index contributed by atoms with van der Waals surface area (Å²) in [4.78, 5) is 4.07. The van der Waals surface area contributed by atoms with Crippen LogP contribution in [0.5, 0.6) is 0 Å². The molecule has 1 aromatic rings. The molecule has 0 spiro atoms. The monoisotopic (exact) mass is 139 g/mol. The van der Waals surface area contributed by atoms with E-state index in [1.165, 1.54) is 19.1 Å². The molecular weight excluding hydrogens is 130 g/mol. The molecule has 0 bridgehead atoms. The van der Waals surface area contributed by atoms with Crippen molar-refractivity contribution in [1.29, 1.82) is 0 Å². The van der Waals surface area contributed by atoms with Crippen LogP contribution in [0.15, 0.2) is 10.7 Å². The van der Waals surface area contributed by atoms with Gasteiger partial charge < -0.3 is 9.52 Å². The second-order valence-corrected chi connectivity index (χ2v) is 2.61. The summed E-state index contributed by atoms with van der Waals surface area (Å²) in [6.45, 7) is -0.0176. The maximum Gasteiger partial charge on any atom is 0.197 e. The molecule has 0 unspecified atom stereocenters. The predicted molar refractivity (Wildman–Crippen MR) is 34.4 cm³/mol. The summed E-state index contributed by atoms with van der Waals surface area (Å²) in [5.74, 6) is 1.34. The summed E-state index contributed by atoms with van der Waals surface area (Å²) in [7, 11) is 0. The van der Waals surface area contributed by atoms with E-state index < -0.39 is 0 Å². The fourth-order valence-electron chi connectivity index (χ4n) is 0.913. The average Bonchev–Trinajstić information content (AvgIpc) is 2.70. The first kappa shape index (κ1) is 5.92. The summed E-state index contributed by atoms with van der Waals surface area (Å²) in [5.41, 5.74) is 0.641. The fourth-order valence-corrected chi connectivity index (χ4v) is 0.913. The lowest BCUT2D eigenvalue weighted by atomic mass is 10.4. The van der Waals surface area contributed by atoms with E-state index in [4.69, 9.17) is 9.52 Å². The van der Waals surface area contributed by atoms with Crippen LogP contribution in [-0.4, -0.2) is 10.1 Å². The van der Waals surface area contributed by atoms with E-state index in [-0.39, 0.29) is 6.61 Å². The topological polar surface area (TPSA) is 46.3 Å². The molecule has 1 aliphatic rings. The van der Waals surface area contributed by atoms with E-state index >= 15 is 0 Å². The van der Waals surface area contributed by atoms with Gasteiger partial charge in [-0.15, -0.1) is 0 Å². The second kappa shape index (κ2) is 2.09. The van der Waals surface area contributed by atoms with Crippen molar-refractivity contribution in [2.24, 2.45) is 0 Å². The molecule has 3 nitrogen and oxygen atoms in total. The molecule has 1 N–H and O–H groups in total. The molecule has 1 heterocycles. The highest BCUT2D eigenvalue weighted by Crippen LogP contribution is 2.39. The van der Waals surface area contributed by atoms with Gasteiger partial charge in [0.05, 0.1) is 6.61 Å². The van der Waals surface area contributed by atoms with Gasteiger partial charge in [0.25, 0.3) is 0 Å².